The van der Waals surface area contributed by atoms with Gasteiger partial charge in [-0.15, -0.1) is 0 Å². The monoisotopic (exact) mass is 195 g/mol. The van der Waals surface area contributed by atoms with Gasteiger partial charge in [0.1, 0.15) is 0 Å². The largest absolute Gasteiger partial charge is 0.504 e. The van der Waals surface area contributed by atoms with Crippen molar-refractivity contribution in [2.75, 3.05) is 13.7 Å². The average molecular weight is 195 g/mol. The number of methoxy groups -OCH3 is 1. The Kier molecular flexibility index (Phi) is 2.21. The highest BCUT2D eigenvalue weighted by molar-refractivity contribution is 5.55. The number of hydrogen-bond donors (Lipinski definition) is 3. The van der Waals surface area contributed by atoms with Crippen molar-refractivity contribution in [3.8, 4) is 17.2 Å². The minimum absolute atomic E-state index is 0.0819. The van der Waals surface area contributed by atoms with E-state index in [2.05, 4.69) is 5.32 Å². The summed E-state index contributed by atoms with van der Waals surface area (Å²) in [6.45, 7) is 0.955. The summed E-state index contributed by atoms with van der Waals surface area (Å²) in [7, 11) is 1.45. The molecule has 1 aromatic carbocycles. The van der Waals surface area contributed by atoms with Gasteiger partial charge in [-0.05, 0) is 25.1 Å². The van der Waals surface area contributed by atoms with Gasteiger partial charge in [-0.1, -0.05) is 0 Å². The molecule has 1 aliphatic rings. The van der Waals surface area contributed by atoms with Crippen molar-refractivity contribution in [1.82, 2.24) is 5.32 Å². The van der Waals surface area contributed by atoms with E-state index in [0.29, 0.717) is 5.75 Å². The van der Waals surface area contributed by atoms with Crippen LogP contribution in [0.5, 0.6) is 17.2 Å². The zero-order valence-electron chi connectivity index (χ0n) is 7.95. The fourth-order valence-corrected chi connectivity index (χ4v) is 1.58. The Morgan fingerprint density at radius 3 is 2.57 bits per heavy atom. The SMILES string of the molecule is COc1ccc(C2CCN2)c(O)c1O. The first-order chi connectivity index (χ1) is 6.74. The summed E-state index contributed by atoms with van der Waals surface area (Å²) in [6, 6.07) is 3.58. The van der Waals surface area contributed by atoms with E-state index in [4.69, 9.17) is 4.74 Å². The molecule has 0 spiro atoms. The summed E-state index contributed by atoms with van der Waals surface area (Å²) in [5.74, 6) is 0.0332. The van der Waals surface area contributed by atoms with E-state index in [1.54, 1.807) is 12.1 Å². The van der Waals surface area contributed by atoms with Gasteiger partial charge >= 0.3 is 0 Å². The van der Waals surface area contributed by atoms with Crippen molar-refractivity contribution in [2.24, 2.45) is 0 Å². The van der Waals surface area contributed by atoms with Gasteiger partial charge < -0.3 is 20.3 Å². The van der Waals surface area contributed by atoms with Gasteiger partial charge in [0.15, 0.2) is 11.5 Å². The smallest absolute Gasteiger partial charge is 0.200 e. The van der Waals surface area contributed by atoms with Crippen LogP contribution in [-0.2, 0) is 0 Å². The minimum Gasteiger partial charge on any atom is -0.504 e. The van der Waals surface area contributed by atoms with Crippen LogP contribution in [0, 0.1) is 0 Å². The molecule has 1 fully saturated rings. The Morgan fingerprint density at radius 2 is 2.07 bits per heavy atom. The number of phenols is 2. The predicted molar refractivity (Wildman–Crippen MR) is 51.7 cm³/mol. The molecule has 1 atom stereocenters. The van der Waals surface area contributed by atoms with Gasteiger partial charge in [0.2, 0.25) is 5.75 Å². The standard InChI is InChI=1S/C10H13NO3/c1-14-8-3-2-6(7-4-5-11-7)9(12)10(8)13/h2-3,7,11-13H,4-5H2,1H3. The summed E-state index contributed by atoms with van der Waals surface area (Å²) in [6.07, 6.45) is 0.985. The second kappa shape index (κ2) is 3.38. The van der Waals surface area contributed by atoms with Crippen LogP contribution in [0.2, 0.25) is 0 Å². The third-order valence-electron chi connectivity index (χ3n) is 2.56. The van der Waals surface area contributed by atoms with Crippen molar-refractivity contribution in [1.29, 1.82) is 0 Å². The summed E-state index contributed by atoms with van der Waals surface area (Å²) in [5.41, 5.74) is 0.731. The second-order valence-electron chi connectivity index (χ2n) is 3.35. The van der Waals surface area contributed by atoms with Gasteiger partial charge in [0.05, 0.1) is 7.11 Å². The summed E-state index contributed by atoms with van der Waals surface area (Å²) < 4.78 is 4.88. The number of phenolic OH excluding ortho intramolecular Hbond substituents is 2. The molecule has 1 aromatic rings. The second-order valence-corrected chi connectivity index (χ2v) is 3.35. The molecule has 0 bridgehead atoms. The molecule has 2 rings (SSSR count). The van der Waals surface area contributed by atoms with Crippen molar-refractivity contribution in [3.63, 3.8) is 0 Å². The molecule has 0 radical (unpaired) electrons. The van der Waals surface area contributed by atoms with Crippen LogP contribution in [0.3, 0.4) is 0 Å². The Bertz CT molecular complexity index is 347. The molecule has 14 heavy (non-hydrogen) atoms. The van der Waals surface area contributed by atoms with E-state index < -0.39 is 0 Å². The lowest BCUT2D eigenvalue weighted by Crippen LogP contribution is -2.34. The number of nitrogens with one attached hydrogen (secondary N) is 1. The lowest BCUT2D eigenvalue weighted by molar-refractivity contribution is 0.331. The van der Waals surface area contributed by atoms with Gasteiger partial charge in [0.25, 0.3) is 0 Å². The maximum atomic E-state index is 9.67. The van der Waals surface area contributed by atoms with E-state index >= 15 is 0 Å². The fourth-order valence-electron chi connectivity index (χ4n) is 1.58. The number of rotatable bonds is 2. The molecular weight excluding hydrogens is 182 g/mol. The topological polar surface area (TPSA) is 61.7 Å². The molecule has 76 valence electrons. The molecule has 4 nitrogen and oxygen atoms in total. The minimum atomic E-state index is -0.182. The first-order valence-corrected chi connectivity index (χ1v) is 4.56. The van der Waals surface area contributed by atoms with Crippen molar-refractivity contribution >= 4 is 0 Å². The highest BCUT2D eigenvalue weighted by Gasteiger charge is 2.24. The fraction of sp³-hybridized carbons (Fsp3) is 0.400. The molecule has 0 aromatic heterocycles. The van der Waals surface area contributed by atoms with Gasteiger partial charge in [-0.2, -0.15) is 0 Å². The highest BCUT2D eigenvalue weighted by atomic mass is 16.5. The maximum absolute atomic E-state index is 9.67. The first kappa shape index (κ1) is 9.15. The Balaban J connectivity index is 2.38. The average Bonchev–Trinajstić information content (AvgIpc) is 2.10. The number of ether oxygens (including phenoxy) is 1. The molecule has 1 heterocycles. The van der Waals surface area contributed by atoms with E-state index in [1.165, 1.54) is 7.11 Å². The number of benzene rings is 1. The van der Waals surface area contributed by atoms with Crippen LogP contribution in [0.15, 0.2) is 12.1 Å². The normalized spacial score (nSPS) is 20.2. The molecule has 0 aliphatic carbocycles. The van der Waals surface area contributed by atoms with E-state index in [9.17, 15) is 10.2 Å². The molecule has 4 heteroatoms. The number of aromatic hydroxyl groups is 2. The molecule has 1 saturated heterocycles. The van der Waals surface area contributed by atoms with E-state index in [1.807, 2.05) is 0 Å². The van der Waals surface area contributed by atoms with Crippen molar-refractivity contribution in [2.45, 2.75) is 12.5 Å². The van der Waals surface area contributed by atoms with Gasteiger partial charge in [0, 0.05) is 11.6 Å². The van der Waals surface area contributed by atoms with Crippen LogP contribution in [0.25, 0.3) is 0 Å². The predicted octanol–water partition coefficient (Wildman–Crippen LogP) is 1.14. The molecule has 0 amide bonds. The maximum Gasteiger partial charge on any atom is 0.200 e. The quantitative estimate of drug-likeness (QED) is 0.619. The summed E-state index contributed by atoms with van der Waals surface area (Å²) in [5, 5.41) is 22.4. The molecule has 1 unspecified atom stereocenters. The van der Waals surface area contributed by atoms with Crippen LogP contribution in [0.4, 0.5) is 0 Å². The van der Waals surface area contributed by atoms with Crippen LogP contribution in [-0.4, -0.2) is 23.9 Å². The number of hydrogen-bond acceptors (Lipinski definition) is 4. The lowest BCUT2D eigenvalue weighted by Gasteiger charge is -2.28. The Labute approximate surface area is 82.1 Å². The summed E-state index contributed by atoms with van der Waals surface area (Å²) >= 11 is 0. The first-order valence-electron chi connectivity index (χ1n) is 4.56. The Hall–Kier alpha value is -1.42. The van der Waals surface area contributed by atoms with Gasteiger partial charge in [-0.3, -0.25) is 0 Å². The van der Waals surface area contributed by atoms with Crippen LogP contribution >= 0.6 is 0 Å². The van der Waals surface area contributed by atoms with Gasteiger partial charge in [-0.25, -0.2) is 0 Å². The lowest BCUT2D eigenvalue weighted by atomic mass is 9.96. The third kappa shape index (κ3) is 1.28. The molecular formula is C10H13NO3. The third-order valence-corrected chi connectivity index (χ3v) is 2.56. The van der Waals surface area contributed by atoms with E-state index in [0.717, 1.165) is 18.5 Å². The molecule has 0 saturated carbocycles. The summed E-state index contributed by atoms with van der Waals surface area (Å²) in [4.78, 5) is 0. The zero-order chi connectivity index (χ0) is 10.1. The Morgan fingerprint density at radius 1 is 1.36 bits per heavy atom. The van der Waals surface area contributed by atoms with Crippen LogP contribution < -0.4 is 10.1 Å². The molecule has 3 N–H and O–H groups in total. The van der Waals surface area contributed by atoms with E-state index in [-0.39, 0.29) is 17.5 Å². The van der Waals surface area contributed by atoms with Crippen LogP contribution in [0.1, 0.15) is 18.0 Å². The molecule has 1 aliphatic heterocycles. The van der Waals surface area contributed by atoms with Crippen molar-refractivity contribution in [3.05, 3.63) is 17.7 Å². The highest BCUT2D eigenvalue weighted by Crippen LogP contribution is 2.42. The zero-order valence-corrected chi connectivity index (χ0v) is 7.95. The van der Waals surface area contributed by atoms with Crippen molar-refractivity contribution < 1.29 is 14.9 Å².